The SMILES string of the molecule is OCCC[C@H]1[C@@H]2CCC[C@@]1(c1cccc(O)c1)CCN2CCc1ccccc1. The zero-order valence-corrected chi connectivity index (χ0v) is 16.8. The van der Waals surface area contributed by atoms with E-state index in [0.717, 1.165) is 38.8 Å². The number of piperidine rings is 1. The first kappa shape index (κ1) is 19.5. The molecule has 1 saturated heterocycles. The Morgan fingerprint density at radius 1 is 1.04 bits per heavy atom. The Morgan fingerprint density at radius 2 is 1.89 bits per heavy atom. The summed E-state index contributed by atoms with van der Waals surface area (Å²) in [6.45, 7) is 2.51. The van der Waals surface area contributed by atoms with Gasteiger partial charge in [0.1, 0.15) is 5.75 Å². The van der Waals surface area contributed by atoms with Gasteiger partial charge in [-0.1, -0.05) is 48.9 Å². The third kappa shape index (κ3) is 3.83. The number of aliphatic hydroxyl groups excluding tert-OH is 1. The Labute approximate surface area is 169 Å². The molecule has 0 aromatic heterocycles. The summed E-state index contributed by atoms with van der Waals surface area (Å²) in [5.74, 6) is 0.932. The summed E-state index contributed by atoms with van der Waals surface area (Å²) >= 11 is 0. The van der Waals surface area contributed by atoms with Crippen LogP contribution in [0.25, 0.3) is 0 Å². The molecule has 2 fully saturated rings. The molecule has 2 aliphatic rings. The summed E-state index contributed by atoms with van der Waals surface area (Å²) in [5.41, 5.74) is 2.87. The highest BCUT2D eigenvalue weighted by Gasteiger charge is 2.50. The van der Waals surface area contributed by atoms with Crippen molar-refractivity contribution < 1.29 is 10.2 Å². The molecule has 0 radical (unpaired) electrons. The molecule has 4 rings (SSSR count). The normalized spacial score (nSPS) is 27.6. The number of phenols is 1. The van der Waals surface area contributed by atoms with Crippen LogP contribution in [0.4, 0.5) is 0 Å². The molecule has 0 amide bonds. The second kappa shape index (κ2) is 8.67. The molecule has 2 bridgehead atoms. The van der Waals surface area contributed by atoms with Crippen LogP contribution in [0.15, 0.2) is 54.6 Å². The number of rotatable bonds is 7. The van der Waals surface area contributed by atoms with E-state index in [9.17, 15) is 10.2 Å². The first-order valence-corrected chi connectivity index (χ1v) is 10.9. The van der Waals surface area contributed by atoms with Crippen molar-refractivity contribution in [1.82, 2.24) is 4.90 Å². The van der Waals surface area contributed by atoms with Crippen molar-refractivity contribution in [3.05, 3.63) is 65.7 Å². The van der Waals surface area contributed by atoms with Gasteiger partial charge in [0, 0.05) is 24.6 Å². The van der Waals surface area contributed by atoms with Crippen molar-refractivity contribution in [1.29, 1.82) is 0 Å². The third-order valence-electron chi connectivity index (χ3n) is 7.24. The predicted molar refractivity (Wildman–Crippen MR) is 114 cm³/mol. The molecule has 2 N–H and O–H groups in total. The van der Waals surface area contributed by atoms with E-state index < -0.39 is 0 Å². The minimum absolute atomic E-state index is 0.153. The fraction of sp³-hybridized carbons (Fsp3) is 0.520. The largest absolute Gasteiger partial charge is 0.508 e. The van der Waals surface area contributed by atoms with Crippen molar-refractivity contribution in [2.75, 3.05) is 19.7 Å². The maximum absolute atomic E-state index is 10.1. The molecule has 1 saturated carbocycles. The van der Waals surface area contributed by atoms with Gasteiger partial charge in [-0.05, 0) is 74.2 Å². The second-order valence-electron chi connectivity index (χ2n) is 8.66. The van der Waals surface area contributed by atoms with Crippen LogP contribution in [0, 0.1) is 5.92 Å². The number of fused-ring (bicyclic) bond motifs is 2. The summed E-state index contributed by atoms with van der Waals surface area (Å²) in [6.07, 6.45) is 7.90. The summed E-state index contributed by atoms with van der Waals surface area (Å²) in [6, 6.07) is 19.4. The van der Waals surface area contributed by atoms with Gasteiger partial charge in [-0.25, -0.2) is 0 Å². The van der Waals surface area contributed by atoms with Crippen LogP contribution in [-0.2, 0) is 11.8 Å². The number of aromatic hydroxyl groups is 1. The van der Waals surface area contributed by atoms with Crippen LogP contribution in [-0.4, -0.2) is 40.9 Å². The molecule has 0 unspecified atom stereocenters. The van der Waals surface area contributed by atoms with Crippen LogP contribution in [0.2, 0.25) is 0 Å². The molecule has 3 atom stereocenters. The zero-order valence-electron chi connectivity index (χ0n) is 16.8. The lowest BCUT2D eigenvalue weighted by atomic mass is 9.55. The average molecular weight is 380 g/mol. The summed E-state index contributed by atoms with van der Waals surface area (Å²) in [7, 11) is 0. The van der Waals surface area contributed by atoms with Crippen molar-refractivity contribution in [3.8, 4) is 5.75 Å². The summed E-state index contributed by atoms with van der Waals surface area (Å²) < 4.78 is 0. The number of benzene rings is 2. The first-order chi connectivity index (χ1) is 13.7. The number of hydrogen-bond acceptors (Lipinski definition) is 3. The maximum atomic E-state index is 10.1. The number of phenolic OH excluding ortho intramolecular Hbond substituents is 1. The molecule has 3 nitrogen and oxygen atoms in total. The van der Waals surface area contributed by atoms with Gasteiger partial charge in [-0.2, -0.15) is 0 Å². The Kier molecular flexibility index (Phi) is 6.03. The van der Waals surface area contributed by atoms with Crippen molar-refractivity contribution in [2.45, 2.75) is 56.4 Å². The fourth-order valence-corrected chi connectivity index (χ4v) is 5.93. The lowest BCUT2D eigenvalue weighted by molar-refractivity contribution is -0.0180. The van der Waals surface area contributed by atoms with Gasteiger partial charge in [-0.15, -0.1) is 0 Å². The molecular formula is C25H33NO2. The summed E-state index contributed by atoms with van der Waals surface area (Å²) in [5, 5.41) is 19.6. The number of aliphatic hydroxyl groups is 1. The third-order valence-corrected chi connectivity index (χ3v) is 7.24. The molecule has 3 heteroatoms. The smallest absolute Gasteiger partial charge is 0.115 e. The Hall–Kier alpha value is -1.84. The van der Waals surface area contributed by atoms with E-state index in [1.165, 1.54) is 30.4 Å². The molecule has 150 valence electrons. The van der Waals surface area contributed by atoms with Gasteiger partial charge in [0.05, 0.1) is 0 Å². The molecule has 2 aromatic rings. The van der Waals surface area contributed by atoms with E-state index in [4.69, 9.17) is 0 Å². The second-order valence-corrected chi connectivity index (χ2v) is 8.66. The highest BCUT2D eigenvalue weighted by atomic mass is 16.3. The number of hydrogen-bond donors (Lipinski definition) is 2. The quantitative estimate of drug-likeness (QED) is 0.743. The van der Waals surface area contributed by atoms with Crippen LogP contribution < -0.4 is 0 Å². The lowest BCUT2D eigenvalue weighted by Gasteiger charge is -2.57. The number of nitrogens with zero attached hydrogens (tertiary/aromatic N) is 1. The topological polar surface area (TPSA) is 43.7 Å². The fourth-order valence-electron chi connectivity index (χ4n) is 5.93. The van der Waals surface area contributed by atoms with E-state index in [2.05, 4.69) is 41.3 Å². The van der Waals surface area contributed by atoms with Crippen molar-refractivity contribution in [2.24, 2.45) is 5.92 Å². The monoisotopic (exact) mass is 379 g/mol. The molecule has 1 aliphatic carbocycles. The van der Waals surface area contributed by atoms with Crippen molar-refractivity contribution >= 4 is 0 Å². The van der Waals surface area contributed by atoms with Gasteiger partial charge >= 0.3 is 0 Å². The average Bonchev–Trinajstić information content (AvgIpc) is 2.72. The van der Waals surface area contributed by atoms with E-state index in [-0.39, 0.29) is 12.0 Å². The van der Waals surface area contributed by atoms with E-state index in [1.54, 1.807) is 6.07 Å². The van der Waals surface area contributed by atoms with Gasteiger partial charge in [0.25, 0.3) is 0 Å². The highest BCUT2D eigenvalue weighted by molar-refractivity contribution is 5.35. The minimum Gasteiger partial charge on any atom is -0.508 e. The van der Waals surface area contributed by atoms with Crippen LogP contribution >= 0.6 is 0 Å². The molecule has 0 spiro atoms. The molecular weight excluding hydrogens is 346 g/mol. The van der Waals surface area contributed by atoms with Gasteiger partial charge < -0.3 is 10.2 Å². The summed E-state index contributed by atoms with van der Waals surface area (Å²) in [4.78, 5) is 2.72. The van der Waals surface area contributed by atoms with E-state index in [1.807, 2.05) is 12.1 Å². The van der Waals surface area contributed by atoms with E-state index >= 15 is 0 Å². The standard InChI is InChI=1S/C25H33NO2/c27-18-6-11-23-24-12-5-14-25(23,21-9-4-10-22(28)19-21)15-17-26(24)16-13-20-7-2-1-3-8-20/h1-4,7-10,19,23-24,27-28H,5-6,11-18H2/t23-,24-,25-/m0/s1. The van der Waals surface area contributed by atoms with Gasteiger partial charge in [0.2, 0.25) is 0 Å². The number of likely N-dealkylation sites (tertiary alicyclic amines) is 1. The van der Waals surface area contributed by atoms with Gasteiger partial charge in [0.15, 0.2) is 0 Å². The molecule has 2 aromatic carbocycles. The maximum Gasteiger partial charge on any atom is 0.115 e. The van der Waals surface area contributed by atoms with Crippen LogP contribution in [0.5, 0.6) is 5.75 Å². The van der Waals surface area contributed by atoms with Crippen LogP contribution in [0.1, 0.15) is 49.7 Å². The van der Waals surface area contributed by atoms with Crippen molar-refractivity contribution in [3.63, 3.8) is 0 Å². The van der Waals surface area contributed by atoms with E-state index in [0.29, 0.717) is 17.7 Å². The lowest BCUT2D eigenvalue weighted by Crippen LogP contribution is -2.59. The predicted octanol–water partition coefficient (Wildman–Crippen LogP) is 4.52. The zero-order chi connectivity index (χ0) is 19.4. The highest BCUT2D eigenvalue weighted by Crippen LogP contribution is 2.53. The Balaban J connectivity index is 1.57. The minimum atomic E-state index is 0.153. The van der Waals surface area contributed by atoms with Crippen LogP contribution in [0.3, 0.4) is 0 Å². The van der Waals surface area contributed by atoms with Gasteiger partial charge in [-0.3, -0.25) is 4.90 Å². The molecule has 1 heterocycles. The molecule has 28 heavy (non-hydrogen) atoms. The first-order valence-electron chi connectivity index (χ1n) is 10.9. The Bertz CT molecular complexity index is 762. The molecule has 1 aliphatic heterocycles. The Morgan fingerprint density at radius 3 is 2.68 bits per heavy atom.